The van der Waals surface area contributed by atoms with Crippen molar-refractivity contribution in [2.75, 3.05) is 6.54 Å². The lowest BCUT2D eigenvalue weighted by atomic mass is 10.1. The van der Waals surface area contributed by atoms with Gasteiger partial charge in [-0.2, -0.15) is 0 Å². The molecule has 1 amide bonds. The summed E-state index contributed by atoms with van der Waals surface area (Å²) in [6, 6.07) is 13.5. The number of hydrogen-bond donors (Lipinski definition) is 0. The Morgan fingerprint density at radius 2 is 2.00 bits per heavy atom. The first kappa shape index (κ1) is 12.4. The van der Waals surface area contributed by atoms with Gasteiger partial charge in [0.05, 0.1) is 0 Å². The van der Waals surface area contributed by atoms with Gasteiger partial charge in [-0.05, 0) is 23.8 Å². The molecular formula is C17H14N2O. The van der Waals surface area contributed by atoms with Crippen molar-refractivity contribution in [3.05, 3.63) is 65.5 Å². The molecule has 0 aliphatic carbocycles. The molecule has 0 saturated carbocycles. The highest BCUT2D eigenvalue weighted by atomic mass is 16.2. The molecule has 3 nitrogen and oxygen atoms in total. The summed E-state index contributed by atoms with van der Waals surface area (Å²) in [5, 5.41) is 0. The van der Waals surface area contributed by atoms with E-state index in [4.69, 9.17) is 0 Å². The van der Waals surface area contributed by atoms with Crippen LogP contribution in [0.5, 0.6) is 0 Å². The highest BCUT2D eigenvalue weighted by Crippen LogP contribution is 2.16. The fourth-order valence-corrected chi connectivity index (χ4v) is 2.27. The molecular weight excluding hydrogens is 248 g/mol. The van der Waals surface area contributed by atoms with E-state index in [0.29, 0.717) is 13.1 Å². The second kappa shape index (κ2) is 5.58. The number of pyridine rings is 1. The second-order valence-corrected chi connectivity index (χ2v) is 4.70. The van der Waals surface area contributed by atoms with Crippen LogP contribution in [0, 0.1) is 11.8 Å². The Labute approximate surface area is 118 Å². The Hall–Kier alpha value is -2.60. The van der Waals surface area contributed by atoms with Crippen LogP contribution >= 0.6 is 0 Å². The van der Waals surface area contributed by atoms with Gasteiger partial charge in [0.2, 0.25) is 0 Å². The van der Waals surface area contributed by atoms with Gasteiger partial charge in [-0.3, -0.25) is 9.78 Å². The van der Waals surface area contributed by atoms with Crippen LogP contribution in [0.1, 0.15) is 16.8 Å². The molecule has 0 spiro atoms. The van der Waals surface area contributed by atoms with E-state index in [1.54, 1.807) is 11.1 Å². The Balaban J connectivity index is 1.72. The zero-order valence-corrected chi connectivity index (χ0v) is 11.0. The standard InChI is InChI=1S/C17H14N2O/c20-17(9-8-14-5-2-1-3-6-14)19-12-10-16-15(13-19)7-4-11-18-16/h1-7,11H,10,12-13H2. The molecule has 0 saturated heterocycles. The summed E-state index contributed by atoms with van der Waals surface area (Å²) in [7, 11) is 0. The minimum atomic E-state index is -0.122. The van der Waals surface area contributed by atoms with Gasteiger partial charge in [0.25, 0.3) is 5.91 Å². The van der Waals surface area contributed by atoms with Gasteiger partial charge in [0.1, 0.15) is 0 Å². The van der Waals surface area contributed by atoms with Crippen molar-refractivity contribution >= 4 is 5.91 Å². The normalized spacial score (nSPS) is 13.1. The zero-order chi connectivity index (χ0) is 13.8. The molecule has 0 bridgehead atoms. The maximum Gasteiger partial charge on any atom is 0.299 e. The number of nitrogens with zero attached hydrogens (tertiary/aromatic N) is 2. The molecule has 0 radical (unpaired) electrons. The number of amides is 1. The summed E-state index contributed by atoms with van der Waals surface area (Å²) in [6.07, 6.45) is 2.60. The molecule has 2 heterocycles. The van der Waals surface area contributed by atoms with E-state index >= 15 is 0 Å². The third-order valence-corrected chi connectivity index (χ3v) is 3.34. The molecule has 2 aromatic rings. The highest BCUT2D eigenvalue weighted by molar-refractivity contribution is 5.94. The van der Waals surface area contributed by atoms with Crippen LogP contribution in [-0.4, -0.2) is 22.3 Å². The van der Waals surface area contributed by atoms with Crippen LogP contribution in [0.4, 0.5) is 0 Å². The van der Waals surface area contributed by atoms with Gasteiger partial charge in [-0.25, -0.2) is 0 Å². The molecule has 3 rings (SSSR count). The second-order valence-electron chi connectivity index (χ2n) is 4.70. The number of fused-ring (bicyclic) bond motifs is 1. The molecule has 20 heavy (non-hydrogen) atoms. The summed E-state index contributed by atoms with van der Waals surface area (Å²) in [5.41, 5.74) is 3.07. The third-order valence-electron chi connectivity index (χ3n) is 3.34. The van der Waals surface area contributed by atoms with Gasteiger partial charge in [0.15, 0.2) is 0 Å². The predicted molar refractivity (Wildman–Crippen MR) is 76.7 cm³/mol. The molecule has 98 valence electrons. The lowest BCUT2D eigenvalue weighted by Crippen LogP contribution is -2.35. The van der Waals surface area contributed by atoms with Crippen molar-refractivity contribution in [1.29, 1.82) is 0 Å². The third kappa shape index (κ3) is 2.70. The maximum atomic E-state index is 12.1. The molecule has 0 unspecified atom stereocenters. The van der Waals surface area contributed by atoms with Crippen LogP contribution in [-0.2, 0) is 17.8 Å². The Kier molecular flexibility index (Phi) is 3.47. The SMILES string of the molecule is O=C(C#Cc1ccccc1)N1CCc2ncccc2C1. The largest absolute Gasteiger partial charge is 0.327 e. The van der Waals surface area contributed by atoms with E-state index in [9.17, 15) is 4.79 Å². The van der Waals surface area contributed by atoms with Crippen molar-refractivity contribution in [2.24, 2.45) is 0 Å². The fourth-order valence-electron chi connectivity index (χ4n) is 2.27. The molecule has 3 heteroatoms. The summed E-state index contributed by atoms with van der Waals surface area (Å²) in [5.74, 6) is 5.50. The lowest BCUT2D eigenvalue weighted by Gasteiger charge is -2.26. The molecule has 1 aromatic carbocycles. The van der Waals surface area contributed by atoms with Crippen molar-refractivity contribution in [1.82, 2.24) is 9.88 Å². The van der Waals surface area contributed by atoms with Crippen LogP contribution < -0.4 is 0 Å². The smallest absolute Gasteiger partial charge is 0.299 e. The number of aromatic nitrogens is 1. The number of rotatable bonds is 0. The van der Waals surface area contributed by atoms with Crippen molar-refractivity contribution in [3.8, 4) is 11.8 Å². The van der Waals surface area contributed by atoms with Crippen LogP contribution in [0.25, 0.3) is 0 Å². The van der Waals surface area contributed by atoms with Gasteiger partial charge in [-0.15, -0.1) is 0 Å². The zero-order valence-electron chi connectivity index (χ0n) is 11.0. The van der Waals surface area contributed by atoms with E-state index in [1.165, 1.54) is 0 Å². The van der Waals surface area contributed by atoms with Gasteiger partial charge >= 0.3 is 0 Å². The van der Waals surface area contributed by atoms with Crippen molar-refractivity contribution < 1.29 is 4.79 Å². The van der Waals surface area contributed by atoms with E-state index in [-0.39, 0.29) is 5.91 Å². The Morgan fingerprint density at radius 1 is 1.15 bits per heavy atom. The monoisotopic (exact) mass is 262 g/mol. The first-order valence-electron chi connectivity index (χ1n) is 6.62. The first-order chi connectivity index (χ1) is 9.83. The Bertz CT molecular complexity index is 683. The minimum absolute atomic E-state index is 0.122. The average Bonchev–Trinajstić information content (AvgIpc) is 2.53. The summed E-state index contributed by atoms with van der Waals surface area (Å²) in [4.78, 5) is 18.2. The van der Waals surface area contributed by atoms with Gasteiger partial charge < -0.3 is 4.90 Å². The average molecular weight is 262 g/mol. The number of carbonyl (C=O) groups excluding carboxylic acids is 1. The lowest BCUT2D eigenvalue weighted by molar-refractivity contribution is -0.126. The first-order valence-corrected chi connectivity index (χ1v) is 6.62. The Morgan fingerprint density at radius 3 is 2.85 bits per heavy atom. The molecule has 0 atom stereocenters. The topological polar surface area (TPSA) is 33.2 Å². The molecule has 1 aliphatic heterocycles. The predicted octanol–water partition coefficient (Wildman–Crippen LogP) is 2.02. The highest BCUT2D eigenvalue weighted by Gasteiger charge is 2.19. The van der Waals surface area contributed by atoms with Gasteiger partial charge in [0, 0.05) is 42.9 Å². The molecule has 1 aliphatic rings. The fraction of sp³-hybridized carbons (Fsp3) is 0.176. The summed E-state index contributed by atoms with van der Waals surface area (Å²) < 4.78 is 0. The van der Waals surface area contributed by atoms with E-state index in [2.05, 4.69) is 16.8 Å². The molecule has 0 N–H and O–H groups in total. The van der Waals surface area contributed by atoms with Gasteiger partial charge in [-0.1, -0.05) is 30.2 Å². The minimum Gasteiger partial charge on any atom is -0.327 e. The van der Waals surface area contributed by atoms with E-state index < -0.39 is 0 Å². The van der Waals surface area contributed by atoms with Crippen molar-refractivity contribution in [2.45, 2.75) is 13.0 Å². The number of carbonyl (C=O) groups is 1. The van der Waals surface area contributed by atoms with Crippen LogP contribution in [0.3, 0.4) is 0 Å². The maximum absolute atomic E-state index is 12.1. The summed E-state index contributed by atoms with van der Waals surface area (Å²) >= 11 is 0. The van der Waals surface area contributed by atoms with Crippen LogP contribution in [0.15, 0.2) is 48.7 Å². The van der Waals surface area contributed by atoms with E-state index in [0.717, 1.165) is 23.2 Å². The molecule has 1 aromatic heterocycles. The van der Waals surface area contributed by atoms with Crippen LogP contribution in [0.2, 0.25) is 0 Å². The number of hydrogen-bond acceptors (Lipinski definition) is 2. The van der Waals surface area contributed by atoms with Crippen molar-refractivity contribution in [3.63, 3.8) is 0 Å². The summed E-state index contributed by atoms with van der Waals surface area (Å²) in [6.45, 7) is 1.29. The van der Waals surface area contributed by atoms with E-state index in [1.807, 2.05) is 42.5 Å². The number of benzene rings is 1. The molecule has 0 fully saturated rings. The quantitative estimate of drug-likeness (QED) is 0.681.